The van der Waals surface area contributed by atoms with Gasteiger partial charge in [-0.3, -0.25) is 0 Å². The van der Waals surface area contributed by atoms with Gasteiger partial charge in [0, 0.05) is 0 Å². The molecule has 1 aliphatic rings. The van der Waals surface area contributed by atoms with Crippen molar-refractivity contribution in [1.29, 1.82) is 0 Å². The average Bonchev–Trinajstić information content (AvgIpc) is 2.99. The molecule has 0 unspecified atom stereocenters. The van der Waals surface area contributed by atoms with Gasteiger partial charge in [0.25, 0.3) is 0 Å². The Kier molecular flexibility index (Phi) is 8.03. The smallest absolute Gasteiger partial charge is 0.0312 e. The molecule has 8 heteroatoms. The molecule has 0 heterocycles. The standard InChI is InChI=1S/C12H12.C5H5.F6P.Fe/c1-9-7-8-10(2)12-6-4-3-5-11(9)12;1-2-4-5-3-1;1-7(2,3,4,5)6;/h3-8H,1-2H3;1-5H;;/q;;-1;+2. The van der Waals surface area contributed by atoms with Crippen LogP contribution in [0.25, 0.3) is 10.8 Å². The average molecular weight is 422 g/mol. The Morgan fingerprint density at radius 2 is 0.800 bits per heavy atom. The largest absolute Gasteiger partial charge is 2.00 e. The molecule has 0 amide bonds. The van der Waals surface area contributed by atoms with Crippen LogP contribution < -0.4 is 0 Å². The fourth-order valence-electron chi connectivity index (χ4n) is 1.92. The van der Waals surface area contributed by atoms with E-state index in [4.69, 9.17) is 0 Å². The summed E-state index contributed by atoms with van der Waals surface area (Å²) in [5, 5.41) is 2.75. The summed E-state index contributed by atoms with van der Waals surface area (Å²) in [6.45, 7) is 4.31. The minimum absolute atomic E-state index is 0. The number of hydrogen-bond donors (Lipinski definition) is 0. The molecule has 0 saturated heterocycles. The number of rotatable bonds is 0. The van der Waals surface area contributed by atoms with Crippen molar-refractivity contribution in [2.24, 2.45) is 0 Å². The predicted octanol–water partition coefficient (Wildman–Crippen LogP) is 7.86. The van der Waals surface area contributed by atoms with Crippen LogP contribution >= 0.6 is 7.81 Å². The van der Waals surface area contributed by atoms with Crippen LogP contribution in [0.2, 0.25) is 0 Å². The van der Waals surface area contributed by atoms with Crippen LogP contribution in [0.3, 0.4) is 0 Å². The van der Waals surface area contributed by atoms with E-state index in [2.05, 4.69) is 50.2 Å². The second kappa shape index (κ2) is 8.28. The first kappa shape index (κ1) is 24.2. The number of halogens is 6. The molecule has 0 aromatic heterocycles. The van der Waals surface area contributed by atoms with E-state index in [0.29, 0.717) is 0 Å². The maximum atomic E-state index is 9.87. The first-order valence-corrected chi connectivity index (χ1v) is 8.95. The van der Waals surface area contributed by atoms with Crippen molar-refractivity contribution in [2.45, 2.75) is 13.8 Å². The molecule has 0 nitrogen and oxygen atoms in total. The zero-order chi connectivity index (χ0) is 18.5. The van der Waals surface area contributed by atoms with Crippen molar-refractivity contribution >= 4 is 18.6 Å². The number of aryl methyl sites for hydroxylation is 2. The van der Waals surface area contributed by atoms with Crippen molar-refractivity contribution < 1.29 is 42.3 Å². The quantitative estimate of drug-likeness (QED) is 0.230. The van der Waals surface area contributed by atoms with Crippen LogP contribution in [-0.4, -0.2) is 0 Å². The molecule has 139 valence electrons. The van der Waals surface area contributed by atoms with Crippen LogP contribution in [0.5, 0.6) is 0 Å². The second-order valence-corrected chi connectivity index (χ2v) is 7.08. The number of fused-ring (bicyclic) bond motifs is 1. The Morgan fingerprint density at radius 1 is 0.560 bits per heavy atom. The van der Waals surface area contributed by atoms with E-state index in [1.165, 1.54) is 21.9 Å². The van der Waals surface area contributed by atoms with Gasteiger partial charge in [-0.05, 0) is 67.9 Å². The van der Waals surface area contributed by atoms with E-state index in [0.717, 1.165) is 0 Å². The second-order valence-electron chi connectivity index (χ2n) is 5.17. The first-order valence-electron chi connectivity index (χ1n) is 6.92. The first-order chi connectivity index (χ1) is 10.7. The Morgan fingerprint density at radius 3 is 1.04 bits per heavy atom. The van der Waals surface area contributed by atoms with E-state index >= 15 is 0 Å². The van der Waals surface area contributed by atoms with E-state index in [9.17, 15) is 25.2 Å². The van der Waals surface area contributed by atoms with Gasteiger partial charge in [0.2, 0.25) is 0 Å². The monoisotopic (exact) mass is 422 g/mol. The van der Waals surface area contributed by atoms with Crippen molar-refractivity contribution in [3.05, 3.63) is 79.6 Å². The molecule has 1 fully saturated rings. The zero-order valence-electron chi connectivity index (χ0n) is 13.4. The molecule has 0 atom stereocenters. The molecule has 2 aromatic rings. The van der Waals surface area contributed by atoms with E-state index < -0.39 is 7.81 Å². The molecule has 1 saturated carbocycles. The molecule has 0 spiro atoms. The van der Waals surface area contributed by atoms with Crippen molar-refractivity contribution in [2.75, 3.05) is 0 Å². The third-order valence-electron chi connectivity index (χ3n) is 2.92. The van der Waals surface area contributed by atoms with Crippen LogP contribution in [0.4, 0.5) is 25.2 Å². The van der Waals surface area contributed by atoms with Gasteiger partial charge in [-0.15, -0.1) is 0 Å². The van der Waals surface area contributed by atoms with E-state index in [1.54, 1.807) is 0 Å². The van der Waals surface area contributed by atoms with Gasteiger partial charge in [0.05, 0.1) is 0 Å². The molecule has 1 aliphatic carbocycles. The van der Waals surface area contributed by atoms with Gasteiger partial charge < -0.3 is 0 Å². The maximum Gasteiger partial charge on any atom is 2.00 e. The molecule has 0 aliphatic heterocycles. The summed E-state index contributed by atoms with van der Waals surface area (Å²) >= 11 is 0. The summed E-state index contributed by atoms with van der Waals surface area (Å²) in [6.07, 6.45) is 10.0. The summed E-state index contributed by atoms with van der Waals surface area (Å²) in [5.74, 6) is 0. The fourth-order valence-corrected chi connectivity index (χ4v) is 1.92. The van der Waals surface area contributed by atoms with Crippen LogP contribution in [0.1, 0.15) is 11.1 Å². The van der Waals surface area contributed by atoms with Gasteiger partial charge in [-0.25, -0.2) is 0 Å². The van der Waals surface area contributed by atoms with Gasteiger partial charge in [-0.1, -0.05) is 36.4 Å². The van der Waals surface area contributed by atoms with E-state index in [-0.39, 0.29) is 17.1 Å². The summed E-state index contributed by atoms with van der Waals surface area (Å²) in [4.78, 5) is 0. The molecular weight excluding hydrogens is 405 g/mol. The van der Waals surface area contributed by atoms with Gasteiger partial charge >= 0.3 is 50.1 Å². The number of benzene rings is 2. The predicted molar refractivity (Wildman–Crippen MR) is 88.5 cm³/mol. The topological polar surface area (TPSA) is 0 Å². The Labute approximate surface area is 154 Å². The van der Waals surface area contributed by atoms with Gasteiger partial charge in [0.15, 0.2) is 0 Å². The summed E-state index contributed by atoms with van der Waals surface area (Å²) < 4.78 is 59.2. The summed E-state index contributed by atoms with van der Waals surface area (Å²) in [7, 11) is -10.7. The van der Waals surface area contributed by atoms with Gasteiger partial charge in [-0.2, -0.15) is 0 Å². The van der Waals surface area contributed by atoms with Crippen LogP contribution in [0, 0.1) is 46.0 Å². The molecule has 5 radical (unpaired) electrons. The summed E-state index contributed by atoms with van der Waals surface area (Å²) in [6, 6.07) is 12.9. The van der Waals surface area contributed by atoms with E-state index in [1.807, 2.05) is 32.1 Å². The SMILES string of the molecule is Cc1ccc(C)c2ccccc12.F[P-](F)(F)(F)(F)F.[CH]1[CH][CH][CH][CH]1.[Fe+2]. The maximum absolute atomic E-state index is 10.7. The minimum atomic E-state index is -10.7. The fraction of sp³-hybridized carbons (Fsp3) is 0.118. The third kappa shape index (κ3) is 13.1. The minimum Gasteiger partial charge on any atom is -0.0312 e. The Bertz CT molecular complexity index is 619. The molecule has 0 bridgehead atoms. The Hall–Kier alpha value is -0.771. The Balaban J connectivity index is 0.000000380. The van der Waals surface area contributed by atoms with Crippen molar-refractivity contribution in [1.82, 2.24) is 0 Å². The summed E-state index contributed by atoms with van der Waals surface area (Å²) in [5.41, 5.74) is 2.72. The normalized spacial score (nSPS) is 16.3. The van der Waals surface area contributed by atoms with Gasteiger partial charge in [0.1, 0.15) is 0 Å². The molecule has 2 aromatic carbocycles. The number of hydrogen-bond acceptors (Lipinski definition) is 0. The third-order valence-corrected chi connectivity index (χ3v) is 2.92. The molecule has 25 heavy (non-hydrogen) atoms. The van der Waals surface area contributed by atoms with Crippen LogP contribution in [-0.2, 0) is 17.1 Å². The van der Waals surface area contributed by atoms with Crippen molar-refractivity contribution in [3.8, 4) is 0 Å². The van der Waals surface area contributed by atoms with Crippen molar-refractivity contribution in [3.63, 3.8) is 0 Å². The molecule has 0 N–H and O–H groups in total. The molecular formula is C17H17F6FeP+. The van der Waals surface area contributed by atoms with Crippen LogP contribution in [0.15, 0.2) is 36.4 Å². The molecule has 3 rings (SSSR count). The zero-order valence-corrected chi connectivity index (χ0v) is 15.4.